The first-order valence-electron chi connectivity index (χ1n) is 11.4. The van der Waals surface area contributed by atoms with Crippen LogP contribution in [0.5, 0.6) is 5.75 Å². The van der Waals surface area contributed by atoms with Crippen molar-refractivity contribution in [3.05, 3.63) is 52.3 Å². The monoisotopic (exact) mass is 537 g/mol. The van der Waals surface area contributed by atoms with Crippen LogP contribution in [0.3, 0.4) is 0 Å². The summed E-state index contributed by atoms with van der Waals surface area (Å²) in [6.45, 7) is 4.16. The van der Waals surface area contributed by atoms with Crippen LogP contribution in [0, 0.1) is 5.92 Å². The lowest BCUT2D eigenvalue weighted by Crippen LogP contribution is -2.40. The summed E-state index contributed by atoms with van der Waals surface area (Å²) in [5.74, 6) is 0.0395. The minimum atomic E-state index is -3.63. The third-order valence-electron chi connectivity index (χ3n) is 6.01. The summed E-state index contributed by atoms with van der Waals surface area (Å²) in [7, 11) is -2.10. The molecule has 4 rings (SSSR count). The number of hydrogen-bond acceptors (Lipinski definition) is 6. The Morgan fingerprint density at radius 3 is 2.54 bits per heavy atom. The Balaban J connectivity index is 1.50. The van der Waals surface area contributed by atoms with Gasteiger partial charge in [-0.25, -0.2) is 8.42 Å². The van der Waals surface area contributed by atoms with E-state index in [0.29, 0.717) is 48.2 Å². The Morgan fingerprint density at radius 2 is 1.89 bits per heavy atom. The minimum Gasteiger partial charge on any atom is -0.497 e. The van der Waals surface area contributed by atoms with Gasteiger partial charge in [0.25, 0.3) is 5.91 Å². The lowest BCUT2D eigenvalue weighted by atomic mass is 9.98. The number of carbonyl (C=O) groups is 1. The first-order chi connectivity index (χ1) is 16.8. The molecule has 1 aromatic heterocycles. The molecular formula is C24H28ClN3O5S2. The molecular weight excluding hydrogens is 510 g/mol. The maximum atomic E-state index is 13.1. The van der Waals surface area contributed by atoms with E-state index in [4.69, 9.17) is 21.1 Å². The Kier molecular flexibility index (Phi) is 8.28. The van der Waals surface area contributed by atoms with Crippen molar-refractivity contribution < 1.29 is 22.7 Å². The summed E-state index contributed by atoms with van der Waals surface area (Å²) in [4.78, 5) is 18.3. The van der Waals surface area contributed by atoms with Crippen molar-refractivity contribution in [2.45, 2.75) is 31.2 Å². The Morgan fingerprint density at radius 1 is 1.17 bits per heavy atom. The number of sulfonamides is 1. The molecule has 1 aliphatic heterocycles. The van der Waals surface area contributed by atoms with Crippen molar-refractivity contribution in [2.75, 3.05) is 33.4 Å². The van der Waals surface area contributed by atoms with E-state index < -0.39 is 10.0 Å². The van der Waals surface area contributed by atoms with Crippen LogP contribution in [-0.2, 0) is 26.1 Å². The van der Waals surface area contributed by atoms with Gasteiger partial charge in [0.2, 0.25) is 10.0 Å². The van der Waals surface area contributed by atoms with Crippen molar-refractivity contribution in [3.8, 4) is 5.75 Å². The van der Waals surface area contributed by atoms with Crippen LogP contribution in [0.15, 0.2) is 52.4 Å². The number of nitrogens with zero attached hydrogens (tertiary/aromatic N) is 3. The minimum absolute atomic E-state index is 0.215. The first-order valence-corrected chi connectivity index (χ1v) is 14.1. The van der Waals surface area contributed by atoms with Gasteiger partial charge in [0.05, 0.1) is 28.8 Å². The van der Waals surface area contributed by atoms with Gasteiger partial charge in [-0.2, -0.15) is 9.30 Å². The van der Waals surface area contributed by atoms with E-state index in [9.17, 15) is 13.2 Å². The van der Waals surface area contributed by atoms with E-state index in [1.165, 1.54) is 34.9 Å². The van der Waals surface area contributed by atoms with Crippen LogP contribution in [-0.4, -0.2) is 56.6 Å². The van der Waals surface area contributed by atoms with Crippen LogP contribution in [0.4, 0.5) is 0 Å². The second kappa shape index (κ2) is 11.2. The summed E-state index contributed by atoms with van der Waals surface area (Å²) in [6, 6.07) is 11.9. The van der Waals surface area contributed by atoms with Gasteiger partial charge in [0.1, 0.15) is 5.75 Å². The van der Waals surface area contributed by atoms with Gasteiger partial charge in [-0.1, -0.05) is 22.9 Å². The van der Waals surface area contributed by atoms with Crippen LogP contribution >= 0.6 is 22.9 Å². The molecule has 1 aliphatic rings. The molecule has 3 aromatic rings. The summed E-state index contributed by atoms with van der Waals surface area (Å²) in [5, 5.41) is 0.624. The highest BCUT2D eigenvalue weighted by atomic mass is 35.5. The molecule has 0 radical (unpaired) electrons. The molecule has 1 saturated heterocycles. The average molecular weight is 538 g/mol. The Bertz CT molecular complexity index is 1360. The third-order valence-corrected chi connectivity index (χ3v) is 9.20. The zero-order valence-electron chi connectivity index (χ0n) is 19.6. The van der Waals surface area contributed by atoms with E-state index in [0.717, 1.165) is 10.2 Å². The Hall–Kier alpha value is -2.24. The number of halogens is 1. The SMILES string of the molecule is CCOCCn1c(=NC(=O)C2CCN(S(=O)(=O)c3ccc(OC)cc3)CC2)sc2cc(Cl)ccc21. The quantitative estimate of drug-likeness (QED) is 0.406. The molecule has 2 aromatic carbocycles. The largest absolute Gasteiger partial charge is 0.497 e. The zero-order valence-corrected chi connectivity index (χ0v) is 22.0. The molecule has 2 heterocycles. The first kappa shape index (κ1) is 25.8. The molecule has 0 N–H and O–H groups in total. The molecule has 11 heteroatoms. The van der Waals surface area contributed by atoms with Gasteiger partial charge in [-0.05, 0) is 62.2 Å². The fourth-order valence-electron chi connectivity index (χ4n) is 4.07. The highest BCUT2D eigenvalue weighted by Gasteiger charge is 2.32. The second-order valence-corrected chi connectivity index (χ2v) is 11.5. The number of methoxy groups -OCH3 is 1. The molecule has 0 aliphatic carbocycles. The van der Waals surface area contributed by atoms with Gasteiger partial charge in [0.15, 0.2) is 4.80 Å². The topological polar surface area (TPSA) is 90.2 Å². The molecule has 1 fully saturated rings. The number of rotatable bonds is 8. The fraction of sp³-hybridized carbons (Fsp3) is 0.417. The summed E-state index contributed by atoms with van der Waals surface area (Å²) in [6.07, 6.45) is 0.848. The number of piperidine rings is 1. The molecule has 8 nitrogen and oxygen atoms in total. The average Bonchev–Trinajstić information content (AvgIpc) is 3.20. The molecule has 35 heavy (non-hydrogen) atoms. The van der Waals surface area contributed by atoms with Gasteiger partial charge >= 0.3 is 0 Å². The number of ether oxygens (including phenoxy) is 2. The van der Waals surface area contributed by atoms with E-state index in [1.54, 1.807) is 12.1 Å². The smallest absolute Gasteiger partial charge is 0.251 e. The molecule has 188 valence electrons. The number of amides is 1. The fourth-order valence-corrected chi connectivity index (χ4v) is 6.88. The summed E-state index contributed by atoms with van der Waals surface area (Å²) < 4.78 is 41.0. The Labute approximate surface area is 213 Å². The molecule has 0 saturated carbocycles. The maximum absolute atomic E-state index is 13.1. The number of aromatic nitrogens is 1. The summed E-state index contributed by atoms with van der Waals surface area (Å²) in [5.41, 5.74) is 0.950. The summed E-state index contributed by atoms with van der Waals surface area (Å²) >= 11 is 7.57. The maximum Gasteiger partial charge on any atom is 0.251 e. The number of carbonyl (C=O) groups excluding carboxylic acids is 1. The van der Waals surface area contributed by atoms with Crippen molar-refractivity contribution in [1.82, 2.24) is 8.87 Å². The van der Waals surface area contributed by atoms with Crippen LogP contribution in [0.25, 0.3) is 10.2 Å². The second-order valence-electron chi connectivity index (χ2n) is 8.15. The molecule has 0 unspecified atom stereocenters. The van der Waals surface area contributed by atoms with Gasteiger partial charge < -0.3 is 14.0 Å². The normalized spacial score (nSPS) is 16.1. The van der Waals surface area contributed by atoms with E-state index >= 15 is 0 Å². The molecule has 0 atom stereocenters. The lowest BCUT2D eigenvalue weighted by molar-refractivity contribution is -0.122. The van der Waals surface area contributed by atoms with Crippen LogP contribution in [0.2, 0.25) is 5.02 Å². The number of fused-ring (bicyclic) bond motifs is 1. The molecule has 1 amide bonds. The van der Waals surface area contributed by atoms with Crippen LogP contribution < -0.4 is 9.54 Å². The zero-order chi connectivity index (χ0) is 25.0. The van der Waals surface area contributed by atoms with Crippen molar-refractivity contribution in [3.63, 3.8) is 0 Å². The lowest BCUT2D eigenvalue weighted by Gasteiger charge is -2.29. The number of benzene rings is 2. The van der Waals surface area contributed by atoms with Gasteiger partial charge in [-0.3, -0.25) is 4.79 Å². The third kappa shape index (κ3) is 5.78. The van der Waals surface area contributed by atoms with Crippen LogP contribution in [0.1, 0.15) is 19.8 Å². The molecule has 0 spiro atoms. The standard InChI is InChI=1S/C24H28ClN3O5S2/c1-3-33-15-14-28-21-9-4-18(25)16-22(21)34-24(28)26-23(29)17-10-12-27(13-11-17)35(30,31)20-7-5-19(32-2)6-8-20/h4-9,16-17H,3,10-15H2,1-2H3. The van der Waals surface area contributed by atoms with Gasteiger partial charge in [0, 0.05) is 37.2 Å². The predicted molar refractivity (Wildman–Crippen MR) is 136 cm³/mol. The van der Waals surface area contributed by atoms with Crippen molar-refractivity contribution in [2.24, 2.45) is 10.9 Å². The number of thiazole rings is 1. The van der Waals surface area contributed by atoms with E-state index in [-0.39, 0.29) is 29.8 Å². The predicted octanol–water partition coefficient (Wildman–Crippen LogP) is 3.93. The number of hydrogen-bond donors (Lipinski definition) is 0. The van der Waals surface area contributed by atoms with E-state index in [2.05, 4.69) is 4.99 Å². The highest BCUT2D eigenvalue weighted by Crippen LogP contribution is 2.26. The highest BCUT2D eigenvalue weighted by molar-refractivity contribution is 7.89. The van der Waals surface area contributed by atoms with E-state index in [1.807, 2.05) is 29.7 Å². The molecule has 0 bridgehead atoms. The van der Waals surface area contributed by atoms with Crippen molar-refractivity contribution >= 4 is 49.1 Å². The van der Waals surface area contributed by atoms with Crippen molar-refractivity contribution in [1.29, 1.82) is 0 Å². The van der Waals surface area contributed by atoms with Gasteiger partial charge in [-0.15, -0.1) is 0 Å².